The van der Waals surface area contributed by atoms with E-state index >= 15 is 0 Å². The summed E-state index contributed by atoms with van der Waals surface area (Å²) in [6, 6.07) is 25.8. The molecule has 4 nitrogen and oxygen atoms in total. The van der Waals surface area contributed by atoms with Crippen LogP contribution in [-0.4, -0.2) is 10.1 Å². The molecule has 2 unspecified atom stereocenters. The van der Waals surface area contributed by atoms with Gasteiger partial charge in [0.1, 0.15) is 11.5 Å². The number of nitrogens with one attached hydrogen (secondary N) is 1. The summed E-state index contributed by atoms with van der Waals surface area (Å²) in [6.45, 7) is 2.06. The molecule has 3 heterocycles. The number of aromatic nitrogens is 1. The number of halogens is 1. The van der Waals surface area contributed by atoms with Gasteiger partial charge in [-0.3, -0.25) is 4.98 Å². The summed E-state index contributed by atoms with van der Waals surface area (Å²) in [4.78, 5) is 7.83. The van der Waals surface area contributed by atoms with E-state index in [4.69, 9.17) is 28.6 Å². The van der Waals surface area contributed by atoms with E-state index in [0.717, 1.165) is 32.1 Å². The second-order valence-electron chi connectivity index (χ2n) is 7.55. The van der Waals surface area contributed by atoms with Crippen LogP contribution in [0.4, 0.5) is 5.69 Å². The summed E-state index contributed by atoms with van der Waals surface area (Å²) in [5, 5.41) is 4.12. The third kappa shape index (κ3) is 4.21. The molecule has 4 aromatic rings. The van der Waals surface area contributed by atoms with Gasteiger partial charge < -0.3 is 15.0 Å². The van der Waals surface area contributed by atoms with Gasteiger partial charge in [-0.1, -0.05) is 35.4 Å². The van der Waals surface area contributed by atoms with Crippen LogP contribution >= 0.6 is 35.2 Å². The highest BCUT2D eigenvalue weighted by atomic mass is 35.5. The summed E-state index contributed by atoms with van der Waals surface area (Å²) < 4.78 is 6.74. The third-order valence-electron chi connectivity index (χ3n) is 5.36. The summed E-state index contributed by atoms with van der Waals surface area (Å²) in [5.74, 6) is 1.58. The van der Waals surface area contributed by atoms with Crippen molar-refractivity contribution in [2.45, 2.75) is 19.0 Å². The molecule has 2 aromatic carbocycles. The molecule has 32 heavy (non-hydrogen) atoms. The first-order chi connectivity index (χ1) is 15.6. The van der Waals surface area contributed by atoms with Gasteiger partial charge in [0.15, 0.2) is 5.11 Å². The highest BCUT2D eigenvalue weighted by molar-refractivity contribution is 7.80. The van der Waals surface area contributed by atoms with Crippen LogP contribution in [0.2, 0.25) is 4.34 Å². The Hall–Kier alpha value is -2.93. The van der Waals surface area contributed by atoms with Gasteiger partial charge in [0.25, 0.3) is 0 Å². The maximum absolute atomic E-state index is 6.28. The van der Waals surface area contributed by atoms with E-state index in [0.29, 0.717) is 5.11 Å². The van der Waals surface area contributed by atoms with Crippen LogP contribution in [0, 0.1) is 6.92 Å². The topological polar surface area (TPSA) is 37.4 Å². The maximum atomic E-state index is 6.28. The van der Waals surface area contributed by atoms with Crippen molar-refractivity contribution in [2.24, 2.45) is 0 Å². The smallest absolute Gasteiger partial charge is 0.174 e. The van der Waals surface area contributed by atoms with Gasteiger partial charge in [0, 0.05) is 16.8 Å². The SMILES string of the molecule is Cc1ccc(Oc2ccc(N3C(=S)NC(c4ccccn4)C3c3ccc(Cl)s3)cc2)cc1. The molecule has 0 spiro atoms. The van der Waals surface area contributed by atoms with Crippen molar-refractivity contribution >= 4 is 46.0 Å². The van der Waals surface area contributed by atoms with Crippen LogP contribution in [0.5, 0.6) is 11.5 Å². The molecule has 0 radical (unpaired) electrons. The number of thiophene rings is 1. The van der Waals surface area contributed by atoms with Crippen molar-refractivity contribution in [3.63, 3.8) is 0 Å². The van der Waals surface area contributed by atoms with Crippen molar-refractivity contribution in [2.75, 3.05) is 4.90 Å². The molecule has 160 valence electrons. The number of anilines is 1. The van der Waals surface area contributed by atoms with Crippen LogP contribution < -0.4 is 15.0 Å². The van der Waals surface area contributed by atoms with Gasteiger partial charge in [-0.25, -0.2) is 0 Å². The average Bonchev–Trinajstić information content (AvgIpc) is 3.39. The number of pyridine rings is 1. The van der Waals surface area contributed by atoms with E-state index < -0.39 is 0 Å². The van der Waals surface area contributed by atoms with E-state index in [9.17, 15) is 0 Å². The van der Waals surface area contributed by atoms with E-state index in [1.54, 1.807) is 17.5 Å². The zero-order chi connectivity index (χ0) is 22.1. The third-order valence-corrected chi connectivity index (χ3v) is 6.97. The Bertz CT molecular complexity index is 1230. The van der Waals surface area contributed by atoms with Crippen LogP contribution in [0.15, 0.2) is 85.1 Å². The normalized spacial score (nSPS) is 17.9. The molecule has 0 saturated carbocycles. The minimum Gasteiger partial charge on any atom is -0.457 e. The molecule has 1 aliphatic heterocycles. The van der Waals surface area contributed by atoms with Crippen LogP contribution in [-0.2, 0) is 0 Å². The van der Waals surface area contributed by atoms with Crippen LogP contribution in [0.25, 0.3) is 0 Å². The van der Waals surface area contributed by atoms with E-state index in [2.05, 4.69) is 28.2 Å². The standard InChI is InChI=1S/C25H20ClN3OS2/c1-16-5-9-18(10-6-16)30-19-11-7-17(8-12-19)29-24(21-13-14-22(26)32-21)23(28-25(29)31)20-4-2-3-15-27-20/h2-15,23-24H,1H3,(H,28,31). The monoisotopic (exact) mass is 477 g/mol. The Balaban J connectivity index is 1.46. The molecule has 0 amide bonds. The van der Waals surface area contributed by atoms with Gasteiger partial charge >= 0.3 is 0 Å². The molecule has 2 atom stereocenters. The van der Waals surface area contributed by atoms with E-state index in [-0.39, 0.29) is 12.1 Å². The van der Waals surface area contributed by atoms with Crippen molar-refractivity contribution in [3.8, 4) is 11.5 Å². The first-order valence-corrected chi connectivity index (χ1v) is 11.8. The number of ether oxygens (including phenoxy) is 1. The van der Waals surface area contributed by atoms with E-state index in [1.807, 2.05) is 72.8 Å². The fraction of sp³-hybridized carbons (Fsp3) is 0.120. The summed E-state index contributed by atoms with van der Waals surface area (Å²) in [6.07, 6.45) is 1.80. The molecule has 1 aliphatic rings. The number of rotatable bonds is 5. The van der Waals surface area contributed by atoms with Gasteiger partial charge in [-0.05, 0) is 79.8 Å². The molecule has 5 rings (SSSR count). The molecule has 1 N–H and O–H groups in total. The lowest BCUT2D eigenvalue weighted by molar-refractivity contribution is 0.482. The highest BCUT2D eigenvalue weighted by Gasteiger charge is 2.41. The molecule has 2 aromatic heterocycles. The van der Waals surface area contributed by atoms with Gasteiger partial charge in [0.05, 0.1) is 22.1 Å². The molecular formula is C25H20ClN3OS2. The van der Waals surface area contributed by atoms with E-state index in [1.165, 1.54) is 5.56 Å². The summed E-state index contributed by atoms with van der Waals surface area (Å²) in [5.41, 5.74) is 3.11. The van der Waals surface area contributed by atoms with Crippen LogP contribution in [0.1, 0.15) is 28.2 Å². The quantitative estimate of drug-likeness (QED) is 0.311. The zero-order valence-electron chi connectivity index (χ0n) is 17.2. The first-order valence-electron chi connectivity index (χ1n) is 10.2. The predicted octanol–water partition coefficient (Wildman–Crippen LogP) is 7.07. The largest absolute Gasteiger partial charge is 0.457 e. The number of benzene rings is 2. The Morgan fingerprint density at radius 1 is 0.969 bits per heavy atom. The molecule has 1 saturated heterocycles. The van der Waals surface area contributed by atoms with Crippen LogP contribution in [0.3, 0.4) is 0 Å². The van der Waals surface area contributed by atoms with Gasteiger partial charge in [-0.15, -0.1) is 11.3 Å². The summed E-state index contributed by atoms with van der Waals surface area (Å²) >= 11 is 13.6. The number of hydrogen-bond acceptors (Lipinski definition) is 4. The second kappa shape index (κ2) is 8.90. The molecule has 1 fully saturated rings. The highest BCUT2D eigenvalue weighted by Crippen LogP contribution is 2.44. The first kappa shape index (κ1) is 20.9. The zero-order valence-corrected chi connectivity index (χ0v) is 19.6. The Morgan fingerprint density at radius 2 is 1.69 bits per heavy atom. The average molecular weight is 478 g/mol. The number of aryl methyl sites for hydroxylation is 1. The molecule has 7 heteroatoms. The lowest BCUT2D eigenvalue weighted by atomic mass is 10.0. The minimum atomic E-state index is -0.0816. The Labute approximate surface area is 201 Å². The lowest BCUT2D eigenvalue weighted by Gasteiger charge is -2.27. The van der Waals surface area contributed by atoms with Crippen molar-refractivity contribution < 1.29 is 4.74 Å². The molecule has 0 bridgehead atoms. The second-order valence-corrected chi connectivity index (χ2v) is 9.68. The Morgan fingerprint density at radius 3 is 2.31 bits per heavy atom. The van der Waals surface area contributed by atoms with Crippen molar-refractivity contribution in [3.05, 3.63) is 106 Å². The fourth-order valence-corrected chi connectivity index (χ4v) is 5.36. The summed E-state index contributed by atoms with van der Waals surface area (Å²) in [7, 11) is 0. The van der Waals surface area contributed by atoms with Gasteiger partial charge in [0.2, 0.25) is 0 Å². The molecular weight excluding hydrogens is 458 g/mol. The minimum absolute atomic E-state index is 0.0567. The Kier molecular flexibility index (Phi) is 5.83. The van der Waals surface area contributed by atoms with Crippen molar-refractivity contribution in [1.29, 1.82) is 0 Å². The number of hydrogen-bond donors (Lipinski definition) is 1. The number of nitrogens with zero attached hydrogens (tertiary/aromatic N) is 2. The number of thiocarbonyl (C=S) groups is 1. The lowest BCUT2D eigenvalue weighted by Crippen LogP contribution is -2.28. The van der Waals surface area contributed by atoms with Gasteiger partial charge in [-0.2, -0.15) is 0 Å². The molecule has 0 aliphatic carbocycles. The fourth-order valence-electron chi connectivity index (χ4n) is 3.83. The maximum Gasteiger partial charge on any atom is 0.174 e. The van der Waals surface area contributed by atoms with Crippen molar-refractivity contribution in [1.82, 2.24) is 10.3 Å². The predicted molar refractivity (Wildman–Crippen MR) is 135 cm³/mol.